The van der Waals surface area contributed by atoms with E-state index in [-0.39, 0.29) is 0 Å². The average Bonchev–Trinajstić information content (AvgIpc) is 2.78. The van der Waals surface area contributed by atoms with Crippen LogP contribution in [-0.4, -0.2) is 36.3 Å². The first-order valence-corrected chi connectivity index (χ1v) is 5.44. The Bertz CT molecular complexity index is 339. The van der Waals surface area contributed by atoms with E-state index in [1.165, 1.54) is 0 Å². The van der Waals surface area contributed by atoms with E-state index in [4.69, 9.17) is 4.74 Å². The molecule has 0 bridgehead atoms. The predicted octanol–water partition coefficient (Wildman–Crippen LogP) is 0.868. The molecular weight excluding hydrogens is 190 g/mol. The second kappa shape index (κ2) is 3.45. The molecule has 0 aromatic carbocycles. The molecule has 0 N–H and O–H groups in total. The molecule has 0 spiro atoms. The Morgan fingerprint density at radius 1 is 1.20 bits per heavy atom. The van der Waals surface area contributed by atoms with Gasteiger partial charge in [-0.1, -0.05) is 0 Å². The summed E-state index contributed by atoms with van der Waals surface area (Å²) in [6.07, 6.45) is 3.76. The second-order valence-corrected chi connectivity index (χ2v) is 4.52. The van der Waals surface area contributed by atoms with Gasteiger partial charge in [0.25, 0.3) is 0 Å². The first-order chi connectivity index (χ1) is 7.33. The van der Waals surface area contributed by atoms with Gasteiger partial charge in [0.2, 0.25) is 5.95 Å². The van der Waals surface area contributed by atoms with Gasteiger partial charge in [0.15, 0.2) is 0 Å². The van der Waals surface area contributed by atoms with Crippen molar-refractivity contribution < 1.29 is 4.74 Å². The van der Waals surface area contributed by atoms with Crippen LogP contribution in [0.2, 0.25) is 0 Å². The van der Waals surface area contributed by atoms with Gasteiger partial charge >= 0.3 is 0 Å². The van der Waals surface area contributed by atoms with Crippen molar-refractivity contribution in [1.29, 1.82) is 0 Å². The highest BCUT2D eigenvalue weighted by atomic mass is 16.5. The minimum absolute atomic E-state index is 0.690. The van der Waals surface area contributed by atoms with E-state index < -0.39 is 0 Å². The van der Waals surface area contributed by atoms with E-state index in [9.17, 15) is 0 Å². The van der Waals surface area contributed by atoms with Gasteiger partial charge in [-0.25, -0.2) is 9.97 Å². The zero-order chi connectivity index (χ0) is 10.3. The number of hydrogen-bond acceptors (Lipinski definition) is 4. The third-order valence-electron chi connectivity index (χ3n) is 3.29. The van der Waals surface area contributed by atoms with Gasteiger partial charge in [-0.05, 0) is 12.5 Å². The fourth-order valence-electron chi connectivity index (χ4n) is 2.40. The molecule has 0 saturated carbocycles. The zero-order valence-electron chi connectivity index (χ0n) is 8.89. The summed E-state index contributed by atoms with van der Waals surface area (Å²) in [4.78, 5) is 11.0. The highest BCUT2D eigenvalue weighted by molar-refractivity contribution is 5.32. The normalized spacial score (nSPS) is 29.5. The number of aromatic nitrogens is 2. The van der Waals surface area contributed by atoms with Crippen LogP contribution in [0.4, 0.5) is 5.95 Å². The Morgan fingerprint density at radius 2 is 1.80 bits per heavy atom. The third-order valence-corrected chi connectivity index (χ3v) is 3.29. The number of rotatable bonds is 1. The third kappa shape index (κ3) is 1.59. The quantitative estimate of drug-likeness (QED) is 0.682. The van der Waals surface area contributed by atoms with Crippen molar-refractivity contribution in [2.24, 2.45) is 11.8 Å². The molecule has 2 atom stereocenters. The van der Waals surface area contributed by atoms with E-state index in [0.717, 1.165) is 37.8 Å². The molecule has 4 nitrogen and oxygen atoms in total. The Labute approximate surface area is 89.3 Å². The van der Waals surface area contributed by atoms with Crippen molar-refractivity contribution in [3.8, 4) is 0 Å². The van der Waals surface area contributed by atoms with Gasteiger partial charge in [-0.2, -0.15) is 0 Å². The summed E-state index contributed by atoms with van der Waals surface area (Å²) < 4.78 is 5.45. The molecule has 0 radical (unpaired) electrons. The lowest BCUT2D eigenvalue weighted by molar-refractivity contribution is 0.177. The molecule has 1 aromatic heterocycles. The molecular formula is C11H15N3O. The fraction of sp³-hybridized carbons (Fsp3) is 0.636. The van der Waals surface area contributed by atoms with Crippen molar-refractivity contribution in [1.82, 2.24) is 9.97 Å². The maximum atomic E-state index is 5.45. The smallest absolute Gasteiger partial charge is 0.225 e. The van der Waals surface area contributed by atoms with Crippen molar-refractivity contribution in [2.45, 2.75) is 6.92 Å². The van der Waals surface area contributed by atoms with Gasteiger partial charge in [-0.3, -0.25) is 0 Å². The predicted molar refractivity (Wildman–Crippen MR) is 56.8 cm³/mol. The number of fused-ring (bicyclic) bond motifs is 1. The lowest BCUT2D eigenvalue weighted by Gasteiger charge is -2.16. The monoisotopic (exact) mass is 205 g/mol. The van der Waals surface area contributed by atoms with Crippen molar-refractivity contribution in [3.63, 3.8) is 0 Å². The van der Waals surface area contributed by atoms with Crippen LogP contribution < -0.4 is 4.90 Å². The van der Waals surface area contributed by atoms with Crippen LogP contribution in [0, 0.1) is 18.8 Å². The number of nitrogens with zero attached hydrogens (tertiary/aromatic N) is 3. The van der Waals surface area contributed by atoms with E-state index in [0.29, 0.717) is 11.8 Å². The summed E-state index contributed by atoms with van der Waals surface area (Å²) in [5, 5.41) is 0. The number of ether oxygens (including phenoxy) is 1. The summed E-state index contributed by atoms with van der Waals surface area (Å²) in [7, 11) is 0. The van der Waals surface area contributed by atoms with Crippen LogP contribution in [0.5, 0.6) is 0 Å². The van der Waals surface area contributed by atoms with Crippen LogP contribution in [-0.2, 0) is 4.74 Å². The molecule has 2 aliphatic heterocycles. The van der Waals surface area contributed by atoms with Gasteiger partial charge < -0.3 is 9.64 Å². The highest BCUT2D eigenvalue weighted by Crippen LogP contribution is 2.30. The lowest BCUT2D eigenvalue weighted by Crippen LogP contribution is -2.24. The molecule has 15 heavy (non-hydrogen) atoms. The minimum atomic E-state index is 0.690. The van der Waals surface area contributed by atoms with Crippen LogP contribution in [0.1, 0.15) is 5.56 Å². The maximum absolute atomic E-state index is 5.45. The van der Waals surface area contributed by atoms with Crippen molar-refractivity contribution in [2.75, 3.05) is 31.2 Å². The zero-order valence-corrected chi connectivity index (χ0v) is 8.89. The fourth-order valence-corrected chi connectivity index (χ4v) is 2.40. The standard InChI is InChI=1S/C11H15N3O/c1-8-2-12-11(13-3-8)14-4-9-6-15-7-10(9)5-14/h2-3,9-10H,4-7H2,1H3. The summed E-state index contributed by atoms with van der Waals surface area (Å²) in [6.45, 7) is 5.93. The Morgan fingerprint density at radius 3 is 2.40 bits per heavy atom. The number of hydrogen-bond donors (Lipinski definition) is 0. The number of aryl methyl sites for hydroxylation is 1. The largest absolute Gasteiger partial charge is 0.381 e. The van der Waals surface area contributed by atoms with E-state index >= 15 is 0 Å². The molecule has 1 aromatic rings. The summed E-state index contributed by atoms with van der Waals surface area (Å²) in [5.74, 6) is 2.25. The summed E-state index contributed by atoms with van der Waals surface area (Å²) in [6, 6.07) is 0. The summed E-state index contributed by atoms with van der Waals surface area (Å²) >= 11 is 0. The lowest BCUT2D eigenvalue weighted by atomic mass is 10.0. The number of anilines is 1. The molecule has 3 rings (SSSR count). The van der Waals surface area contributed by atoms with Crippen LogP contribution in [0.15, 0.2) is 12.4 Å². The topological polar surface area (TPSA) is 38.2 Å². The molecule has 0 aliphatic carbocycles. The highest BCUT2D eigenvalue weighted by Gasteiger charge is 2.37. The van der Waals surface area contributed by atoms with E-state index in [1.807, 2.05) is 19.3 Å². The molecule has 3 heterocycles. The minimum Gasteiger partial charge on any atom is -0.381 e. The first kappa shape index (κ1) is 9.09. The molecule has 4 heteroatoms. The average molecular weight is 205 g/mol. The van der Waals surface area contributed by atoms with Crippen molar-refractivity contribution in [3.05, 3.63) is 18.0 Å². The van der Waals surface area contributed by atoms with Gasteiger partial charge in [-0.15, -0.1) is 0 Å². The Hall–Kier alpha value is -1.16. The molecule has 2 fully saturated rings. The van der Waals surface area contributed by atoms with Gasteiger partial charge in [0, 0.05) is 37.3 Å². The Balaban J connectivity index is 1.76. The maximum Gasteiger partial charge on any atom is 0.225 e. The first-order valence-electron chi connectivity index (χ1n) is 5.44. The molecule has 80 valence electrons. The van der Waals surface area contributed by atoms with Gasteiger partial charge in [0.05, 0.1) is 13.2 Å². The Kier molecular flexibility index (Phi) is 2.09. The van der Waals surface area contributed by atoms with Crippen LogP contribution >= 0.6 is 0 Å². The van der Waals surface area contributed by atoms with E-state index in [1.54, 1.807) is 0 Å². The van der Waals surface area contributed by atoms with E-state index in [2.05, 4.69) is 14.9 Å². The van der Waals surface area contributed by atoms with Crippen LogP contribution in [0.3, 0.4) is 0 Å². The molecule has 2 unspecified atom stereocenters. The summed E-state index contributed by atoms with van der Waals surface area (Å²) in [5.41, 5.74) is 1.11. The molecule has 0 amide bonds. The molecule has 2 aliphatic rings. The SMILES string of the molecule is Cc1cnc(N2CC3COCC3C2)nc1. The van der Waals surface area contributed by atoms with Crippen molar-refractivity contribution >= 4 is 5.95 Å². The second-order valence-electron chi connectivity index (χ2n) is 4.52. The molecule has 2 saturated heterocycles. The van der Waals surface area contributed by atoms with Gasteiger partial charge in [0.1, 0.15) is 0 Å². The van der Waals surface area contributed by atoms with Crippen LogP contribution in [0.25, 0.3) is 0 Å².